The molecule has 0 aliphatic carbocycles. The van der Waals surface area contributed by atoms with Crippen molar-refractivity contribution in [1.82, 2.24) is 0 Å². The van der Waals surface area contributed by atoms with E-state index in [4.69, 9.17) is 0 Å². The molecular weight excluding hydrogens is 283 g/mol. The lowest BCUT2D eigenvalue weighted by Crippen LogP contribution is -2.32. The molecule has 1 aromatic carbocycles. The Morgan fingerprint density at radius 1 is 1.25 bits per heavy atom. The molecule has 0 fully saturated rings. The van der Waals surface area contributed by atoms with Gasteiger partial charge in [0.1, 0.15) is 6.42 Å². The molecule has 20 heavy (non-hydrogen) atoms. The molecule has 0 bridgehead atoms. The van der Waals surface area contributed by atoms with Crippen molar-refractivity contribution >= 4 is 5.69 Å². The van der Waals surface area contributed by atoms with Gasteiger partial charge in [-0.15, -0.1) is 0 Å². The Labute approximate surface area is 110 Å². The van der Waals surface area contributed by atoms with Gasteiger partial charge in [0.25, 0.3) is 0 Å². The van der Waals surface area contributed by atoms with E-state index in [1.54, 1.807) is 0 Å². The first-order valence-corrected chi connectivity index (χ1v) is 5.40. The van der Waals surface area contributed by atoms with E-state index in [9.17, 15) is 33.5 Å². The van der Waals surface area contributed by atoms with E-state index in [-0.39, 0.29) is 16.4 Å². The van der Waals surface area contributed by atoms with Gasteiger partial charge in [-0.2, -0.15) is 0 Å². The van der Waals surface area contributed by atoms with Gasteiger partial charge in [-0.1, -0.05) is 4.48 Å². The lowest BCUT2D eigenvalue weighted by atomic mass is 10.1. The molecule has 0 spiro atoms. The molecule has 7 nitrogen and oxygen atoms in total. The maximum absolute atomic E-state index is 13.7. The number of anilines is 1. The van der Waals surface area contributed by atoms with Crippen molar-refractivity contribution in [2.75, 3.05) is 11.7 Å². The molecule has 0 amide bonds. The molecule has 1 rings (SSSR count). The van der Waals surface area contributed by atoms with Crippen LogP contribution in [0.4, 0.5) is 18.9 Å². The number of hydrogen-bond donors (Lipinski definition) is 0. The molecule has 0 aliphatic rings. The summed E-state index contributed by atoms with van der Waals surface area (Å²) >= 11 is 0. The fraction of sp³-hybridized carbons (Fsp3) is 0.400. The van der Waals surface area contributed by atoms with Crippen molar-refractivity contribution in [2.45, 2.75) is 19.5 Å². The summed E-state index contributed by atoms with van der Waals surface area (Å²) in [5, 5.41) is 20.7. The minimum atomic E-state index is -2.15. The van der Waals surface area contributed by atoms with Gasteiger partial charge in [0.05, 0.1) is 22.1 Å². The Morgan fingerprint density at radius 3 is 2.30 bits per heavy atom. The molecular formula is C10H10F3N3O4. The predicted octanol–water partition coefficient (Wildman–Crippen LogP) is 2.23. The van der Waals surface area contributed by atoms with Gasteiger partial charge in [0, 0.05) is 5.56 Å². The summed E-state index contributed by atoms with van der Waals surface area (Å²) in [6.45, 7) is 0.428. The topological polar surface area (TPSA) is 89.5 Å². The van der Waals surface area contributed by atoms with E-state index in [0.29, 0.717) is 6.07 Å². The summed E-state index contributed by atoms with van der Waals surface area (Å²) in [5.41, 5.74) is -0.666. The summed E-state index contributed by atoms with van der Waals surface area (Å²) in [4.78, 5) is 18.4. The van der Waals surface area contributed by atoms with E-state index in [0.717, 1.165) is 13.0 Å². The number of halogens is 3. The van der Waals surface area contributed by atoms with Crippen LogP contribution < -0.4 is 5.12 Å². The Morgan fingerprint density at radius 2 is 1.80 bits per heavy atom. The van der Waals surface area contributed by atoms with Crippen molar-refractivity contribution in [3.63, 3.8) is 0 Å². The summed E-state index contributed by atoms with van der Waals surface area (Å²) < 4.78 is 39.8. The van der Waals surface area contributed by atoms with Crippen molar-refractivity contribution < 1.29 is 23.1 Å². The van der Waals surface area contributed by atoms with Crippen LogP contribution >= 0.6 is 0 Å². The summed E-state index contributed by atoms with van der Waals surface area (Å²) in [6.07, 6.45) is -2.87. The highest BCUT2D eigenvalue weighted by Crippen LogP contribution is 2.25. The van der Waals surface area contributed by atoms with Crippen LogP contribution in [-0.4, -0.2) is 22.6 Å². The molecule has 0 saturated heterocycles. The van der Waals surface area contributed by atoms with Crippen molar-refractivity contribution in [1.29, 1.82) is 0 Å². The van der Waals surface area contributed by atoms with Crippen LogP contribution in [-0.2, 0) is 0 Å². The highest BCUT2D eigenvalue weighted by Gasteiger charge is 2.32. The smallest absolute Gasteiger partial charge is 0.259 e. The van der Waals surface area contributed by atoms with E-state index >= 15 is 0 Å². The Kier molecular flexibility index (Phi) is 4.83. The molecule has 0 aliphatic heterocycles. The molecule has 0 heterocycles. The third-order valence-electron chi connectivity index (χ3n) is 2.64. The zero-order valence-corrected chi connectivity index (χ0v) is 10.3. The van der Waals surface area contributed by atoms with E-state index < -0.39 is 40.6 Å². The van der Waals surface area contributed by atoms with E-state index in [1.807, 2.05) is 0 Å². The fourth-order valence-corrected chi connectivity index (χ4v) is 1.54. The van der Waals surface area contributed by atoms with Gasteiger partial charge in [-0.05, 0) is 19.1 Å². The van der Waals surface area contributed by atoms with E-state index in [2.05, 4.69) is 0 Å². The lowest BCUT2D eigenvalue weighted by Gasteiger charge is -2.16. The van der Waals surface area contributed by atoms with Crippen LogP contribution in [0.25, 0.3) is 0 Å². The number of rotatable bonds is 6. The van der Waals surface area contributed by atoms with Gasteiger partial charge in [-0.25, -0.2) is 13.9 Å². The maximum atomic E-state index is 13.7. The van der Waals surface area contributed by atoms with E-state index in [1.165, 1.54) is 0 Å². The Balaban J connectivity index is 2.82. The van der Waals surface area contributed by atoms with Gasteiger partial charge in [0.15, 0.2) is 11.6 Å². The molecule has 0 atom stereocenters. The van der Waals surface area contributed by atoms with Crippen LogP contribution in [0.15, 0.2) is 12.1 Å². The minimum absolute atomic E-state index is 0.0855. The third kappa shape index (κ3) is 3.33. The molecule has 10 heteroatoms. The maximum Gasteiger partial charge on any atom is 0.452 e. The second-order valence-electron chi connectivity index (χ2n) is 3.93. The fourth-order valence-electron chi connectivity index (χ4n) is 1.54. The minimum Gasteiger partial charge on any atom is -0.259 e. The largest absolute Gasteiger partial charge is 0.452 e. The lowest BCUT2D eigenvalue weighted by molar-refractivity contribution is -0.742. The quantitative estimate of drug-likeness (QED) is 0.347. The highest BCUT2D eigenvalue weighted by atomic mass is 19.2. The molecule has 0 unspecified atom stereocenters. The van der Waals surface area contributed by atoms with Gasteiger partial charge in [-0.3, -0.25) is 20.2 Å². The van der Waals surface area contributed by atoms with Crippen molar-refractivity contribution in [3.05, 3.63) is 49.6 Å². The number of benzene rings is 1. The normalized spacial score (nSPS) is 10.7. The first kappa shape index (κ1) is 15.7. The predicted molar refractivity (Wildman–Crippen MR) is 61.9 cm³/mol. The standard InChI is InChI=1S/C10H10F3N3O4/c1-6-8(3-2-7(11)10(6)12)14(13)5-4-9(15(17)18)16(19)20/h2-3,9H,4-5H2,1H3. The Bertz CT molecular complexity index is 527. The summed E-state index contributed by atoms with van der Waals surface area (Å²) in [7, 11) is 0. The van der Waals surface area contributed by atoms with Gasteiger partial charge in [0.2, 0.25) is 0 Å². The average Bonchev–Trinajstić information content (AvgIpc) is 2.35. The van der Waals surface area contributed by atoms with Crippen LogP contribution in [0, 0.1) is 38.8 Å². The molecule has 0 N–H and O–H groups in total. The van der Waals surface area contributed by atoms with Gasteiger partial charge >= 0.3 is 6.17 Å². The SMILES string of the molecule is Cc1c(N(F)CCC([N+](=O)[O-])[N+](=O)[O-])ccc(F)c1F. The van der Waals surface area contributed by atoms with Gasteiger partial charge < -0.3 is 0 Å². The average molecular weight is 293 g/mol. The van der Waals surface area contributed by atoms with Crippen LogP contribution in [0.1, 0.15) is 12.0 Å². The van der Waals surface area contributed by atoms with Crippen LogP contribution in [0.2, 0.25) is 0 Å². The first-order valence-electron chi connectivity index (χ1n) is 5.40. The zero-order valence-electron chi connectivity index (χ0n) is 10.3. The second-order valence-corrected chi connectivity index (χ2v) is 3.93. The number of nitrogens with zero attached hydrogens (tertiary/aromatic N) is 3. The molecule has 0 aromatic heterocycles. The van der Waals surface area contributed by atoms with Crippen LogP contribution in [0.3, 0.4) is 0 Å². The van der Waals surface area contributed by atoms with Crippen molar-refractivity contribution in [3.8, 4) is 0 Å². The van der Waals surface area contributed by atoms with Crippen molar-refractivity contribution in [2.24, 2.45) is 0 Å². The summed E-state index contributed by atoms with van der Waals surface area (Å²) in [6, 6.07) is 1.64. The van der Waals surface area contributed by atoms with Crippen LogP contribution in [0.5, 0.6) is 0 Å². The molecule has 0 saturated carbocycles. The molecule has 110 valence electrons. The molecule has 0 radical (unpaired) electrons. The first-order chi connectivity index (χ1) is 9.25. The summed E-state index contributed by atoms with van der Waals surface area (Å²) in [5.74, 6) is -2.40. The third-order valence-corrected chi connectivity index (χ3v) is 2.64. The Hall–Kier alpha value is -2.39. The monoisotopic (exact) mass is 293 g/mol. The number of nitro groups is 2. The molecule has 1 aromatic rings. The zero-order chi connectivity index (χ0) is 15.4. The highest BCUT2D eigenvalue weighted by molar-refractivity contribution is 5.51. The number of hydrogen-bond acceptors (Lipinski definition) is 5. The second kappa shape index (κ2) is 6.17.